The molecule has 0 aromatic carbocycles. The predicted molar refractivity (Wildman–Crippen MR) is 59.3 cm³/mol. The average Bonchev–Trinajstić information content (AvgIpc) is 2.38. The average molecular weight is 250 g/mol. The molecule has 0 aromatic rings. The van der Waals surface area contributed by atoms with Crippen molar-refractivity contribution in [3.8, 4) is 0 Å². The van der Waals surface area contributed by atoms with Crippen LogP contribution in [0.3, 0.4) is 0 Å². The SMILES string of the molecule is COC1(O)CCCC(OC)(OC)C1(OC)OC. The van der Waals surface area contributed by atoms with Crippen LogP contribution < -0.4 is 0 Å². The quantitative estimate of drug-likeness (QED) is 0.716. The first-order valence-corrected chi connectivity index (χ1v) is 5.49. The van der Waals surface area contributed by atoms with Crippen LogP contribution in [0.4, 0.5) is 0 Å². The van der Waals surface area contributed by atoms with Gasteiger partial charge in [0.05, 0.1) is 0 Å². The second-order valence-electron chi connectivity index (χ2n) is 4.03. The standard InChI is InChI=1S/C11H22O6/c1-13-9(12)7-6-8-10(14-2,15-3)11(9,16-4)17-5/h12H,6-8H2,1-5H3. The molecule has 0 aromatic heterocycles. The maximum Gasteiger partial charge on any atom is 0.279 e. The highest BCUT2D eigenvalue weighted by molar-refractivity contribution is 5.03. The molecule has 1 aliphatic rings. The monoisotopic (exact) mass is 250 g/mol. The maximum absolute atomic E-state index is 10.6. The van der Waals surface area contributed by atoms with Crippen molar-refractivity contribution in [2.24, 2.45) is 0 Å². The Kier molecular flexibility index (Phi) is 4.51. The molecule has 1 N–H and O–H groups in total. The summed E-state index contributed by atoms with van der Waals surface area (Å²) in [5.41, 5.74) is 0. The van der Waals surface area contributed by atoms with E-state index in [1.54, 1.807) is 0 Å². The van der Waals surface area contributed by atoms with Gasteiger partial charge in [-0.25, -0.2) is 0 Å². The topological polar surface area (TPSA) is 66.4 Å². The second kappa shape index (κ2) is 5.17. The Balaban J connectivity index is 3.30. The molecule has 0 saturated heterocycles. The van der Waals surface area contributed by atoms with Gasteiger partial charge >= 0.3 is 0 Å². The third-order valence-electron chi connectivity index (χ3n) is 3.61. The van der Waals surface area contributed by atoms with Gasteiger partial charge in [-0.15, -0.1) is 0 Å². The zero-order valence-electron chi connectivity index (χ0n) is 11.1. The van der Waals surface area contributed by atoms with Crippen LogP contribution in [0, 0.1) is 0 Å². The van der Waals surface area contributed by atoms with E-state index >= 15 is 0 Å². The van der Waals surface area contributed by atoms with Crippen molar-refractivity contribution in [1.29, 1.82) is 0 Å². The molecular formula is C11H22O6. The van der Waals surface area contributed by atoms with Gasteiger partial charge in [0, 0.05) is 48.4 Å². The van der Waals surface area contributed by atoms with Crippen molar-refractivity contribution >= 4 is 0 Å². The number of hydrogen-bond donors (Lipinski definition) is 1. The lowest BCUT2D eigenvalue weighted by atomic mass is 9.81. The van der Waals surface area contributed by atoms with Crippen molar-refractivity contribution in [1.82, 2.24) is 0 Å². The molecule has 6 nitrogen and oxygen atoms in total. The third-order valence-corrected chi connectivity index (χ3v) is 3.61. The number of aliphatic hydroxyl groups is 1. The fourth-order valence-electron chi connectivity index (χ4n) is 2.69. The molecule has 0 radical (unpaired) electrons. The summed E-state index contributed by atoms with van der Waals surface area (Å²) in [7, 11) is 7.21. The van der Waals surface area contributed by atoms with Gasteiger partial charge < -0.3 is 28.8 Å². The Labute approximate surface area is 102 Å². The lowest BCUT2D eigenvalue weighted by molar-refractivity contribution is -0.487. The van der Waals surface area contributed by atoms with Crippen LogP contribution in [0.2, 0.25) is 0 Å². The van der Waals surface area contributed by atoms with E-state index in [0.29, 0.717) is 19.3 Å². The largest absolute Gasteiger partial charge is 0.361 e. The van der Waals surface area contributed by atoms with Gasteiger partial charge in [-0.3, -0.25) is 0 Å². The fourth-order valence-corrected chi connectivity index (χ4v) is 2.69. The summed E-state index contributed by atoms with van der Waals surface area (Å²) < 4.78 is 26.8. The molecular weight excluding hydrogens is 228 g/mol. The Bertz CT molecular complexity index is 248. The molecule has 1 fully saturated rings. The minimum Gasteiger partial charge on any atom is -0.361 e. The smallest absolute Gasteiger partial charge is 0.279 e. The molecule has 0 heterocycles. The molecule has 17 heavy (non-hydrogen) atoms. The lowest BCUT2D eigenvalue weighted by Gasteiger charge is -2.55. The molecule has 6 heteroatoms. The maximum atomic E-state index is 10.6. The molecule has 1 rings (SSSR count). The van der Waals surface area contributed by atoms with Gasteiger partial charge in [-0.1, -0.05) is 0 Å². The molecule has 1 unspecified atom stereocenters. The third kappa shape index (κ3) is 1.80. The summed E-state index contributed by atoms with van der Waals surface area (Å²) in [6, 6.07) is 0. The molecule has 0 bridgehead atoms. The summed E-state index contributed by atoms with van der Waals surface area (Å²) in [6.07, 6.45) is 1.58. The second-order valence-corrected chi connectivity index (χ2v) is 4.03. The number of ether oxygens (including phenoxy) is 5. The summed E-state index contributed by atoms with van der Waals surface area (Å²) >= 11 is 0. The molecule has 102 valence electrons. The summed E-state index contributed by atoms with van der Waals surface area (Å²) in [5, 5.41) is 10.6. The molecule has 1 atom stereocenters. The van der Waals surface area contributed by atoms with Crippen molar-refractivity contribution in [2.45, 2.75) is 36.6 Å². The van der Waals surface area contributed by atoms with E-state index < -0.39 is 17.4 Å². The Morgan fingerprint density at radius 2 is 1.29 bits per heavy atom. The van der Waals surface area contributed by atoms with E-state index in [4.69, 9.17) is 23.7 Å². The van der Waals surface area contributed by atoms with Crippen LogP contribution in [0.15, 0.2) is 0 Å². The van der Waals surface area contributed by atoms with Crippen molar-refractivity contribution in [2.75, 3.05) is 35.5 Å². The van der Waals surface area contributed by atoms with E-state index in [0.717, 1.165) is 0 Å². The Hall–Kier alpha value is -0.240. The van der Waals surface area contributed by atoms with E-state index in [1.807, 2.05) is 0 Å². The first kappa shape index (κ1) is 14.8. The van der Waals surface area contributed by atoms with Crippen LogP contribution >= 0.6 is 0 Å². The van der Waals surface area contributed by atoms with Crippen molar-refractivity contribution < 1.29 is 28.8 Å². The first-order valence-electron chi connectivity index (χ1n) is 5.49. The van der Waals surface area contributed by atoms with E-state index in [-0.39, 0.29) is 0 Å². The molecule has 1 aliphatic carbocycles. The minimum absolute atomic E-state index is 0.375. The number of rotatable bonds is 5. The highest BCUT2D eigenvalue weighted by atomic mass is 16.8. The summed E-state index contributed by atoms with van der Waals surface area (Å²) in [6.45, 7) is 0. The van der Waals surface area contributed by atoms with Crippen LogP contribution in [-0.4, -0.2) is 58.0 Å². The Morgan fingerprint density at radius 3 is 1.65 bits per heavy atom. The van der Waals surface area contributed by atoms with E-state index in [9.17, 15) is 5.11 Å². The van der Waals surface area contributed by atoms with Crippen LogP contribution in [0.1, 0.15) is 19.3 Å². The van der Waals surface area contributed by atoms with Crippen molar-refractivity contribution in [3.05, 3.63) is 0 Å². The molecule has 0 amide bonds. The number of methoxy groups -OCH3 is 5. The summed E-state index contributed by atoms with van der Waals surface area (Å²) in [5.74, 6) is -4.36. The highest BCUT2D eigenvalue weighted by Crippen LogP contribution is 2.49. The summed E-state index contributed by atoms with van der Waals surface area (Å²) in [4.78, 5) is 0. The fraction of sp³-hybridized carbons (Fsp3) is 1.00. The minimum atomic E-state index is -1.62. The van der Waals surface area contributed by atoms with Crippen LogP contribution in [-0.2, 0) is 23.7 Å². The van der Waals surface area contributed by atoms with Crippen LogP contribution in [0.5, 0.6) is 0 Å². The van der Waals surface area contributed by atoms with E-state index in [1.165, 1.54) is 35.5 Å². The van der Waals surface area contributed by atoms with Gasteiger partial charge in [0.2, 0.25) is 11.6 Å². The zero-order chi connectivity index (χ0) is 13.2. The molecule has 1 saturated carbocycles. The van der Waals surface area contributed by atoms with Crippen molar-refractivity contribution in [3.63, 3.8) is 0 Å². The van der Waals surface area contributed by atoms with E-state index in [2.05, 4.69) is 0 Å². The zero-order valence-corrected chi connectivity index (χ0v) is 11.1. The van der Waals surface area contributed by atoms with Crippen LogP contribution in [0.25, 0.3) is 0 Å². The normalized spacial score (nSPS) is 31.4. The van der Waals surface area contributed by atoms with Gasteiger partial charge in [0.15, 0.2) is 0 Å². The highest BCUT2D eigenvalue weighted by Gasteiger charge is 2.69. The molecule has 0 spiro atoms. The first-order chi connectivity index (χ1) is 8.01. The van der Waals surface area contributed by atoms with Gasteiger partial charge in [0.1, 0.15) is 0 Å². The van der Waals surface area contributed by atoms with Gasteiger partial charge in [0.25, 0.3) is 5.79 Å². The predicted octanol–water partition coefficient (Wildman–Crippen LogP) is 0.483. The molecule has 0 aliphatic heterocycles. The Morgan fingerprint density at radius 1 is 0.765 bits per heavy atom. The number of hydrogen-bond acceptors (Lipinski definition) is 6. The lowest BCUT2D eigenvalue weighted by Crippen LogP contribution is -2.74. The van der Waals surface area contributed by atoms with Gasteiger partial charge in [-0.2, -0.15) is 0 Å². The van der Waals surface area contributed by atoms with Gasteiger partial charge in [-0.05, 0) is 6.42 Å².